The van der Waals surface area contributed by atoms with Crippen molar-refractivity contribution in [1.82, 2.24) is 15.1 Å². The lowest BCUT2D eigenvalue weighted by Crippen LogP contribution is -2.45. The van der Waals surface area contributed by atoms with Gasteiger partial charge in [0.15, 0.2) is 0 Å². The molecule has 19 heavy (non-hydrogen) atoms. The number of nitrogens with zero attached hydrogens (tertiary/aromatic N) is 2. The molecule has 0 aliphatic carbocycles. The molecule has 0 bridgehead atoms. The zero-order chi connectivity index (χ0) is 12.3. The van der Waals surface area contributed by atoms with Gasteiger partial charge in [-0.15, -0.1) is 24.8 Å². The Kier molecular flexibility index (Phi) is 8.99. The molecule has 0 aromatic heterocycles. The molecule has 1 amide bonds. The molecule has 2 aliphatic heterocycles. The van der Waals surface area contributed by atoms with E-state index in [1.165, 1.54) is 19.4 Å². The Hall–Kier alpha value is -0.0300. The van der Waals surface area contributed by atoms with Crippen LogP contribution in [0.5, 0.6) is 0 Å². The van der Waals surface area contributed by atoms with Gasteiger partial charge < -0.3 is 15.1 Å². The Morgan fingerprint density at radius 3 is 2.63 bits per heavy atom. The summed E-state index contributed by atoms with van der Waals surface area (Å²) in [6, 6.07) is 0.0846. The summed E-state index contributed by atoms with van der Waals surface area (Å²) in [6.45, 7) is 4.26. The molecule has 2 rings (SSSR count). The summed E-state index contributed by atoms with van der Waals surface area (Å²) < 4.78 is 0. The van der Waals surface area contributed by atoms with Crippen LogP contribution in [0.1, 0.15) is 25.7 Å². The highest BCUT2D eigenvalue weighted by molar-refractivity contribution is 5.85. The molecule has 0 saturated carbocycles. The van der Waals surface area contributed by atoms with Crippen LogP contribution in [0.4, 0.5) is 0 Å². The van der Waals surface area contributed by atoms with Crippen molar-refractivity contribution in [1.29, 1.82) is 0 Å². The summed E-state index contributed by atoms with van der Waals surface area (Å²) in [5.74, 6) is 0.944. The Morgan fingerprint density at radius 2 is 2.05 bits per heavy atom. The monoisotopic (exact) mass is 311 g/mol. The summed E-state index contributed by atoms with van der Waals surface area (Å²) >= 11 is 0. The number of carbonyl (C=O) groups excluding carboxylic acids is 1. The predicted octanol–water partition coefficient (Wildman–Crippen LogP) is 1.38. The molecule has 0 radical (unpaired) electrons. The molecule has 2 atom stereocenters. The first kappa shape index (κ1) is 19.0. The molecule has 0 aromatic rings. The first-order valence-corrected chi connectivity index (χ1v) is 6.83. The van der Waals surface area contributed by atoms with Crippen molar-refractivity contribution in [3.63, 3.8) is 0 Å². The fourth-order valence-corrected chi connectivity index (χ4v) is 3.06. The average Bonchev–Trinajstić information content (AvgIpc) is 2.81. The molecular formula is C13H27Cl2N3O. The van der Waals surface area contributed by atoms with Crippen molar-refractivity contribution in [2.24, 2.45) is 5.92 Å². The largest absolute Gasteiger partial charge is 0.344 e. The van der Waals surface area contributed by atoms with Gasteiger partial charge in [0.05, 0.1) is 6.04 Å². The lowest BCUT2D eigenvalue weighted by atomic mass is 9.98. The number of piperidine rings is 1. The minimum absolute atomic E-state index is 0. The molecule has 2 heterocycles. The third-order valence-corrected chi connectivity index (χ3v) is 3.99. The molecule has 0 spiro atoms. The second-order valence-corrected chi connectivity index (χ2v) is 5.64. The molecule has 114 valence electrons. The summed E-state index contributed by atoms with van der Waals surface area (Å²) in [6.07, 6.45) is 4.68. The lowest BCUT2D eigenvalue weighted by Gasteiger charge is -2.33. The van der Waals surface area contributed by atoms with E-state index in [-0.39, 0.29) is 36.8 Å². The van der Waals surface area contributed by atoms with Crippen molar-refractivity contribution < 1.29 is 4.79 Å². The van der Waals surface area contributed by atoms with E-state index in [1.54, 1.807) is 0 Å². The van der Waals surface area contributed by atoms with E-state index in [1.807, 2.05) is 11.9 Å². The maximum atomic E-state index is 12.2. The van der Waals surface area contributed by atoms with Crippen molar-refractivity contribution >= 4 is 30.7 Å². The summed E-state index contributed by atoms with van der Waals surface area (Å²) in [7, 11) is 4.13. The number of hydrogen-bond donors (Lipinski definition) is 1. The maximum absolute atomic E-state index is 12.2. The van der Waals surface area contributed by atoms with Gasteiger partial charge >= 0.3 is 0 Å². The quantitative estimate of drug-likeness (QED) is 0.855. The highest BCUT2D eigenvalue weighted by atomic mass is 35.5. The van der Waals surface area contributed by atoms with Crippen LogP contribution >= 0.6 is 24.8 Å². The second kappa shape index (κ2) is 9.01. The number of nitrogens with one attached hydrogen (secondary N) is 1. The molecule has 2 saturated heterocycles. The van der Waals surface area contributed by atoms with E-state index in [4.69, 9.17) is 0 Å². The molecule has 0 aromatic carbocycles. The van der Waals surface area contributed by atoms with Gasteiger partial charge in [-0.25, -0.2) is 0 Å². The Labute approximate surface area is 129 Å². The summed E-state index contributed by atoms with van der Waals surface area (Å²) in [5.41, 5.74) is 0. The topological polar surface area (TPSA) is 35.6 Å². The molecule has 4 nitrogen and oxygen atoms in total. The van der Waals surface area contributed by atoms with Gasteiger partial charge in [0.2, 0.25) is 5.91 Å². The van der Waals surface area contributed by atoms with Crippen LogP contribution in [0.15, 0.2) is 0 Å². The molecule has 2 fully saturated rings. The lowest BCUT2D eigenvalue weighted by molar-refractivity contribution is -0.132. The van der Waals surface area contributed by atoms with Crippen LogP contribution in [-0.4, -0.2) is 62.0 Å². The fourth-order valence-electron chi connectivity index (χ4n) is 3.06. The summed E-state index contributed by atoms with van der Waals surface area (Å²) in [4.78, 5) is 16.5. The predicted molar refractivity (Wildman–Crippen MR) is 83.4 cm³/mol. The summed E-state index contributed by atoms with van der Waals surface area (Å²) in [5, 5.41) is 3.28. The van der Waals surface area contributed by atoms with Crippen LogP contribution in [-0.2, 0) is 4.79 Å². The normalized spacial score (nSPS) is 27.3. The second-order valence-electron chi connectivity index (χ2n) is 5.64. The number of carbonyl (C=O) groups is 1. The molecule has 2 aliphatic rings. The Morgan fingerprint density at radius 1 is 1.32 bits per heavy atom. The Bertz CT molecular complexity index is 273. The highest BCUT2D eigenvalue weighted by Gasteiger charge is 2.27. The SMILES string of the molecule is CN1CCCC(CN(C)C(=O)C2CCCN2)C1.Cl.Cl. The van der Waals surface area contributed by atoms with E-state index < -0.39 is 0 Å². The maximum Gasteiger partial charge on any atom is 0.239 e. The zero-order valence-electron chi connectivity index (χ0n) is 11.9. The number of amides is 1. The zero-order valence-corrected chi connectivity index (χ0v) is 13.6. The van der Waals surface area contributed by atoms with E-state index in [9.17, 15) is 4.79 Å². The fraction of sp³-hybridized carbons (Fsp3) is 0.923. The third kappa shape index (κ3) is 5.46. The van der Waals surface area contributed by atoms with Crippen LogP contribution in [0, 0.1) is 5.92 Å². The molecule has 6 heteroatoms. The van der Waals surface area contributed by atoms with E-state index in [0.717, 1.165) is 32.5 Å². The smallest absolute Gasteiger partial charge is 0.239 e. The van der Waals surface area contributed by atoms with Crippen molar-refractivity contribution in [3.8, 4) is 0 Å². The van der Waals surface area contributed by atoms with Crippen LogP contribution in [0.3, 0.4) is 0 Å². The highest BCUT2D eigenvalue weighted by Crippen LogP contribution is 2.17. The molecule has 2 unspecified atom stereocenters. The van der Waals surface area contributed by atoms with Crippen molar-refractivity contribution in [2.75, 3.05) is 40.3 Å². The van der Waals surface area contributed by atoms with Gasteiger partial charge in [-0.05, 0) is 51.7 Å². The van der Waals surface area contributed by atoms with Crippen LogP contribution in [0.2, 0.25) is 0 Å². The van der Waals surface area contributed by atoms with Gasteiger partial charge in [0.1, 0.15) is 0 Å². The average molecular weight is 312 g/mol. The first-order chi connectivity index (χ1) is 8.16. The van der Waals surface area contributed by atoms with Gasteiger partial charge in [-0.3, -0.25) is 4.79 Å². The van der Waals surface area contributed by atoms with Gasteiger partial charge in [0.25, 0.3) is 0 Å². The number of likely N-dealkylation sites (N-methyl/N-ethyl adjacent to an activating group) is 1. The molecule has 1 N–H and O–H groups in total. The van der Waals surface area contributed by atoms with E-state index in [2.05, 4.69) is 17.3 Å². The number of likely N-dealkylation sites (tertiary alicyclic amines) is 1. The standard InChI is InChI=1S/C13H25N3O.2ClH/c1-15-8-4-5-11(9-15)10-16(2)13(17)12-6-3-7-14-12;;/h11-12,14H,3-10H2,1-2H3;2*1H. The minimum atomic E-state index is 0. The van der Waals surface area contributed by atoms with Gasteiger partial charge in [0, 0.05) is 20.1 Å². The van der Waals surface area contributed by atoms with Gasteiger partial charge in [-0.2, -0.15) is 0 Å². The van der Waals surface area contributed by atoms with Gasteiger partial charge in [-0.1, -0.05) is 0 Å². The minimum Gasteiger partial charge on any atom is -0.344 e. The Balaban J connectivity index is 0.00000162. The number of hydrogen-bond acceptors (Lipinski definition) is 3. The van der Waals surface area contributed by atoms with E-state index in [0.29, 0.717) is 5.92 Å². The number of halogens is 2. The van der Waals surface area contributed by atoms with Crippen LogP contribution < -0.4 is 5.32 Å². The first-order valence-electron chi connectivity index (χ1n) is 6.83. The van der Waals surface area contributed by atoms with Crippen molar-refractivity contribution in [2.45, 2.75) is 31.7 Å². The number of rotatable bonds is 3. The molecular weight excluding hydrogens is 285 g/mol. The van der Waals surface area contributed by atoms with Crippen molar-refractivity contribution in [3.05, 3.63) is 0 Å². The third-order valence-electron chi connectivity index (χ3n) is 3.99. The van der Waals surface area contributed by atoms with E-state index >= 15 is 0 Å². The van der Waals surface area contributed by atoms with Crippen LogP contribution in [0.25, 0.3) is 0 Å².